The Balaban J connectivity index is 2.94. The van der Waals surface area contributed by atoms with Gasteiger partial charge in [0.1, 0.15) is 0 Å². The molecule has 0 radical (unpaired) electrons. The lowest BCUT2D eigenvalue weighted by molar-refractivity contribution is 1.57. The zero-order chi connectivity index (χ0) is 19.5. The van der Waals surface area contributed by atoms with Gasteiger partial charge in [-0.15, -0.1) is 0 Å². The molecular weight excluding hydrogens is 574 g/mol. The lowest BCUT2D eigenvalue weighted by Gasteiger charge is -2.27. The van der Waals surface area contributed by atoms with Gasteiger partial charge in [0.15, 0.2) is 0 Å². The second-order valence-corrected chi connectivity index (χ2v) is 22.8. The predicted molar refractivity (Wildman–Crippen MR) is 141 cm³/mol. The van der Waals surface area contributed by atoms with Crippen LogP contribution in [0.2, 0.25) is 39.3 Å². The largest absolute Gasteiger partial charge is 0.0863 e. The Morgan fingerprint density at radius 1 is 0.538 bits per heavy atom. The van der Waals surface area contributed by atoms with Crippen LogP contribution in [0, 0.1) is 0 Å². The Kier molecular flexibility index (Phi) is 7.55. The van der Waals surface area contributed by atoms with Crippen LogP contribution in [-0.2, 0) is 0 Å². The van der Waals surface area contributed by atoms with Crippen molar-refractivity contribution in [2.75, 3.05) is 0 Å². The Labute approximate surface area is 188 Å². The maximum absolute atomic E-state index is 2.64. The summed E-state index contributed by atoms with van der Waals surface area (Å²) >= 11 is 5.27. The number of halogens is 2. The highest BCUT2D eigenvalue weighted by Gasteiger charge is 2.29. The maximum Gasteiger partial charge on any atom is 0.0863 e. The summed E-state index contributed by atoms with van der Waals surface area (Å²) in [6, 6.07) is 21.9. The number of benzene rings is 2. The average molecular weight is 602 g/mol. The van der Waals surface area contributed by atoms with Crippen molar-refractivity contribution in [3.05, 3.63) is 78.2 Å². The smallest absolute Gasteiger partial charge is 0.0652 e. The van der Waals surface area contributed by atoms with E-state index in [1.54, 1.807) is 6.41 Å². The van der Waals surface area contributed by atoms with Gasteiger partial charge in [0.2, 0.25) is 0 Å². The van der Waals surface area contributed by atoms with Crippen molar-refractivity contribution in [3.8, 4) is 0 Å². The molecule has 138 valence electrons. The second-order valence-electron chi connectivity index (χ2n) is 8.61. The molecule has 0 amide bonds. The molecule has 0 aliphatic heterocycles. The van der Waals surface area contributed by atoms with Crippen LogP contribution in [0.25, 0.3) is 11.1 Å². The van der Waals surface area contributed by atoms with Crippen LogP contribution in [-0.4, -0.2) is 16.1 Å². The topological polar surface area (TPSA) is 0 Å². The van der Waals surface area contributed by atoms with Crippen molar-refractivity contribution < 1.29 is 0 Å². The maximum atomic E-state index is 2.64. The van der Waals surface area contributed by atoms with Crippen LogP contribution in [0.4, 0.5) is 0 Å². The molecule has 0 nitrogen and oxygen atoms in total. The molecule has 0 aliphatic carbocycles. The molecular formula is C22H28I2Si2. The molecule has 2 rings (SSSR count). The monoisotopic (exact) mass is 602 g/mol. The van der Waals surface area contributed by atoms with E-state index in [2.05, 4.69) is 145 Å². The highest BCUT2D eigenvalue weighted by Crippen LogP contribution is 2.44. The lowest BCUT2D eigenvalue weighted by atomic mass is 9.95. The first-order chi connectivity index (χ1) is 12.0. The quantitative estimate of drug-likeness (QED) is 0.183. The van der Waals surface area contributed by atoms with Gasteiger partial charge in [-0.3, -0.25) is 0 Å². The minimum Gasteiger partial charge on any atom is -0.0652 e. The van der Waals surface area contributed by atoms with Gasteiger partial charge in [-0.2, -0.15) is 0 Å². The fourth-order valence-electron chi connectivity index (χ4n) is 2.72. The molecule has 0 unspecified atom stereocenters. The molecule has 0 aliphatic rings. The van der Waals surface area contributed by atoms with Crippen molar-refractivity contribution in [1.29, 1.82) is 0 Å². The van der Waals surface area contributed by atoms with E-state index in [1.807, 2.05) is 0 Å². The highest BCUT2D eigenvalue weighted by atomic mass is 127. The average Bonchev–Trinajstić information content (AvgIpc) is 2.58. The van der Waals surface area contributed by atoms with E-state index in [0.717, 1.165) is 0 Å². The summed E-state index contributed by atoms with van der Waals surface area (Å²) in [6.45, 7) is 14.7. The minimum absolute atomic E-state index is 1.34. The molecule has 2 aromatic carbocycles. The van der Waals surface area contributed by atoms with E-state index >= 15 is 0 Å². The SMILES string of the molecule is C[Si](C)(C)/C(I)=C(/C(=C(\I)[Si](C)(C)C)c1ccccc1)c1ccccc1. The molecule has 26 heavy (non-hydrogen) atoms. The fourth-order valence-corrected chi connectivity index (χ4v) is 5.92. The van der Waals surface area contributed by atoms with Crippen LogP contribution in [0.15, 0.2) is 67.1 Å². The molecule has 0 aromatic heterocycles. The lowest BCUT2D eigenvalue weighted by Crippen LogP contribution is -2.25. The van der Waals surface area contributed by atoms with E-state index < -0.39 is 16.1 Å². The van der Waals surface area contributed by atoms with Crippen molar-refractivity contribution in [2.24, 2.45) is 0 Å². The first-order valence-corrected chi connectivity index (χ1v) is 18.1. The summed E-state index contributed by atoms with van der Waals surface area (Å²) in [5.41, 5.74) is 5.57. The van der Waals surface area contributed by atoms with Gasteiger partial charge in [0, 0.05) is 0 Å². The Morgan fingerprint density at radius 3 is 1.04 bits per heavy atom. The Hall–Kier alpha value is -0.186. The molecule has 0 spiro atoms. The Bertz CT molecular complexity index is 737. The van der Waals surface area contributed by atoms with E-state index in [9.17, 15) is 0 Å². The van der Waals surface area contributed by atoms with E-state index in [1.165, 1.54) is 22.3 Å². The normalized spacial score (nSPS) is 14.6. The van der Waals surface area contributed by atoms with Crippen molar-refractivity contribution >= 4 is 72.5 Å². The molecule has 0 atom stereocenters. The molecule has 0 fully saturated rings. The van der Waals surface area contributed by atoms with Crippen molar-refractivity contribution in [2.45, 2.75) is 39.3 Å². The first-order valence-electron chi connectivity index (χ1n) is 8.95. The van der Waals surface area contributed by atoms with Gasteiger partial charge in [-0.1, -0.05) is 145 Å². The third-order valence-corrected chi connectivity index (χ3v) is 18.1. The van der Waals surface area contributed by atoms with Crippen LogP contribution in [0.5, 0.6) is 0 Å². The van der Waals surface area contributed by atoms with Crippen LogP contribution < -0.4 is 0 Å². The highest BCUT2D eigenvalue weighted by molar-refractivity contribution is 14.1. The first kappa shape index (κ1) is 22.1. The van der Waals surface area contributed by atoms with Gasteiger partial charge in [-0.25, -0.2) is 0 Å². The van der Waals surface area contributed by atoms with Gasteiger partial charge in [0.05, 0.1) is 16.1 Å². The summed E-state index contributed by atoms with van der Waals surface area (Å²) in [5.74, 6) is 0. The van der Waals surface area contributed by atoms with E-state index in [0.29, 0.717) is 0 Å². The summed E-state index contributed by atoms with van der Waals surface area (Å²) in [7, 11) is -2.93. The van der Waals surface area contributed by atoms with Crippen molar-refractivity contribution in [3.63, 3.8) is 0 Å². The minimum atomic E-state index is -1.46. The zero-order valence-corrected chi connectivity index (χ0v) is 22.8. The summed E-state index contributed by atoms with van der Waals surface area (Å²) in [4.78, 5) is 0. The van der Waals surface area contributed by atoms with E-state index in [-0.39, 0.29) is 0 Å². The van der Waals surface area contributed by atoms with Crippen molar-refractivity contribution in [1.82, 2.24) is 0 Å². The van der Waals surface area contributed by atoms with Crippen LogP contribution in [0.3, 0.4) is 0 Å². The third kappa shape index (κ3) is 5.42. The molecule has 2 aromatic rings. The number of hydrogen-bond donors (Lipinski definition) is 0. The third-order valence-electron chi connectivity index (χ3n) is 4.13. The molecule has 0 bridgehead atoms. The predicted octanol–water partition coefficient (Wildman–Crippen LogP) is 8.43. The molecule has 0 heterocycles. The fraction of sp³-hybridized carbons (Fsp3) is 0.273. The number of rotatable bonds is 5. The molecule has 0 saturated heterocycles. The van der Waals surface area contributed by atoms with Gasteiger partial charge >= 0.3 is 0 Å². The Morgan fingerprint density at radius 2 is 0.808 bits per heavy atom. The molecule has 4 heteroatoms. The molecule has 0 N–H and O–H groups in total. The van der Waals surface area contributed by atoms with Crippen LogP contribution >= 0.6 is 45.2 Å². The zero-order valence-electron chi connectivity index (χ0n) is 16.5. The van der Waals surface area contributed by atoms with Gasteiger partial charge in [0.25, 0.3) is 0 Å². The number of hydrogen-bond acceptors (Lipinski definition) is 0. The molecule has 0 saturated carbocycles. The van der Waals surface area contributed by atoms with Gasteiger partial charge in [-0.05, 0) is 28.7 Å². The van der Waals surface area contributed by atoms with Crippen LogP contribution in [0.1, 0.15) is 11.1 Å². The summed E-state index contributed by atoms with van der Waals surface area (Å²) < 4.78 is 3.10. The number of allylic oxidation sites excluding steroid dienone is 2. The van der Waals surface area contributed by atoms with Gasteiger partial charge < -0.3 is 0 Å². The second kappa shape index (κ2) is 8.88. The summed E-state index contributed by atoms with van der Waals surface area (Å²) in [6.07, 6.45) is 0. The standard InChI is InChI=1S/C22H28I2Si2/c1-25(2,3)21(23)19(17-13-9-7-10-14-17)20(22(24)26(4,5)6)18-15-11-8-12-16-18/h7-16H,1-6H3/b21-19+,22-20+. The summed E-state index contributed by atoms with van der Waals surface area (Å²) in [5, 5.41) is 0. The van der Waals surface area contributed by atoms with E-state index in [4.69, 9.17) is 0 Å².